The maximum atomic E-state index is 12.0. The van der Waals surface area contributed by atoms with Gasteiger partial charge >= 0.3 is 0 Å². The number of carbonyl (C=O) groups is 1. The summed E-state index contributed by atoms with van der Waals surface area (Å²) in [7, 11) is 0. The van der Waals surface area contributed by atoms with Gasteiger partial charge in [0.25, 0.3) is 5.91 Å². The fourth-order valence-electron chi connectivity index (χ4n) is 3.39. The van der Waals surface area contributed by atoms with Crippen molar-refractivity contribution in [2.75, 3.05) is 13.2 Å². The number of ether oxygens (including phenoxy) is 1. The second-order valence-electron chi connectivity index (χ2n) is 7.90. The lowest BCUT2D eigenvalue weighted by molar-refractivity contribution is 0.0953. The molecule has 0 aromatic heterocycles. The first-order valence-corrected chi connectivity index (χ1v) is 9.75. The lowest BCUT2D eigenvalue weighted by Crippen LogP contribution is -2.26. The van der Waals surface area contributed by atoms with Crippen molar-refractivity contribution in [3.05, 3.63) is 64.7 Å². The second kappa shape index (κ2) is 7.99. The van der Waals surface area contributed by atoms with E-state index in [0.717, 1.165) is 30.8 Å². The van der Waals surface area contributed by atoms with Crippen molar-refractivity contribution in [1.82, 2.24) is 5.32 Å². The highest BCUT2D eigenvalue weighted by molar-refractivity contribution is 5.94. The zero-order chi connectivity index (χ0) is 19.4. The van der Waals surface area contributed by atoms with Crippen LogP contribution in [-0.4, -0.2) is 19.1 Å². The molecule has 0 saturated carbocycles. The molecule has 1 heterocycles. The summed E-state index contributed by atoms with van der Waals surface area (Å²) in [5.74, 6) is 0.992. The Morgan fingerprint density at radius 3 is 2.56 bits per heavy atom. The summed E-state index contributed by atoms with van der Waals surface area (Å²) in [5.41, 5.74) is 5.61. The van der Waals surface area contributed by atoms with Crippen molar-refractivity contribution in [1.29, 1.82) is 0 Å². The molecule has 3 heteroatoms. The highest BCUT2D eigenvalue weighted by Gasteiger charge is 2.28. The summed E-state index contributed by atoms with van der Waals surface area (Å²) in [6.45, 7) is 10.2. The molecule has 0 atom stereocenters. The minimum Gasteiger partial charge on any atom is -0.493 e. The molecule has 0 aliphatic carbocycles. The standard InChI is InChI=1S/C24H29NO2/c1-5-13-25-23(26)19-8-6-18(7-9-19)15-17(2)20-10-11-22-21(16-20)24(3,4)12-14-27-22/h6-11,15-16H,5,12-14H2,1-4H3,(H,25,26)/b17-15+. The Balaban J connectivity index is 1.81. The third-order valence-corrected chi connectivity index (χ3v) is 5.24. The minimum atomic E-state index is -0.0129. The normalized spacial score (nSPS) is 15.6. The fraction of sp³-hybridized carbons (Fsp3) is 0.375. The van der Waals surface area contributed by atoms with E-state index < -0.39 is 0 Å². The number of nitrogens with one attached hydrogen (secondary N) is 1. The third kappa shape index (κ3) is 4.41. The van der Waals surface area contributed by atoms with E-state index in [0.29, 0.717) is 12.1 Å². The van der Waals surface area contributed by atoms with E-state index in [4.69, 9.17) is 4.74 Å². The lowest BCUT2D eigenvalue weighted by atomic mass is 9.79. The number of hydrogen-bond acceptors (Lipinski definition) is 2. The van der Waals surface area contributed by atoms with E-state index in [1.807, 2.05) is 31.2 Å². The maximum absolute atomic E-state index is 12.0. The van der Waals surface area contributed by atoms with Gasteiger partial charge in [-0.05, 0) is 66.1 Å². The molecule has 0 saturated heterocycles. The van der Waals surface area contributed by atoms with Crippen LogP contribution in [0.15, 0.2) is 42.5 Å². The topological polar surface area (TPSA) is 38.3 Å². The molecule has 0 spiro atoms. The van der Waals surface area contributed by atoms with Crippen LogP contribution in [-0.2, 0) is 5.41 Å². The van der Waals surface area contributed by atoms with E-state index in [-0.39, 0.29) is 11.3 Å². The van der Waals surface area contributed by atoms with Gasteiger partial charge in [-0.2, -0.15) is 0 Å². The van der Waals surface area contributed by atoms with E-state index >= 15 is 0 Å². The van der Waals surface area contributed by atoms with Crippen LogP contribution in [0.2, 0.25) is 0 Å². The van der Waals surface area contributed by atoms with Gasteiger partial charge in [0.2, 0.25) is 0 Å². The first-order valence-electron chi connectivity index (χ1n) is 9.75. The first-order chi connectivity index (χ1) is 12.9. The van der Waals surface area contributed by atoms with Gasteiger partial charge in [0.15, 0.2) is 0 Å². The highest BCUT2D eigenvalue weighted by atomic mass is 16.5. The van der Waals surface area contributed by atoms with Gasteiger partial charge in [0.05, 0.1) is 6.61 Å². The largest absolute Gasteiger partial charge is 0.493 e. The van der Waals surface area contributed by atoms with Gasteiger partial charge in [-0.3, -0.25) is 4.79 Å². The molecule has 1 amide bonds. The third-order valence-electron chi connectivity index (χ3n) is 5.24. The molecular weight excluding hydrogens is 334 g/mol. The number of carbonyl (C=O) groups excluding carboxylic acids is 1. The van der Waals surface area contributed by atoms with Crippen molar-refractivity contribution in [2.45, 2.75) is 46.0 Å². The summed E-state index contributed by atoms with van der Waals surface area (Å²) in [6, 6.07) is 14.2. The summed E-state index contributed by atoms with van der Waals surface area (Å²) in [4.78, 5) is 12.0. The number of allylic oxidation sites excluding steroid dienone is 1. The Kier molecular flexibility index (Phi) is 5.69. The van der Waals surface area contributed by atoms with Crippen LogP contribution < -0.4 is 10.1 Å². The predicted octanol–water partition coefficient (Wildman–Crippen LogP) is 5.45. The number of hydrogen-bond donors (Lipinski definition) is 1. The van der Waals surface area contributed by atoms with Gasteiger partial charge < -0.3 is 10.1 Å². The Morgan fingerprint density at radius 1 is 1.15 bits per heavy atom. The van der Waals surface area contributed by atoms with E-state index in [1.54, 1.807) is 0 Å². The molecule has 2 aromatic carbocycles. The van der Waals surface area contributed by atoms with E-state index in [2.05, 4.69) is 50.4 Å². The van der Waals surface area contributed by atoms with Crippen LogP contribution in [0.1, 0.15) is 67.6 Å². The molecule has 3 nitrogen and oxygen atoms in total. The molecule has 1 aliphatic heterocycles. The maximum Gasteiger partial charge on any atom is 0.251 e. The zero-order valence-electron chi connectivity index (χ0n) is 16.8. The summed E-state index contributed by atoms with van der Waals surface area (Å²) >= 11 is 0. The molecule has 0 unspecified atom stereocenters. The van der Waals surface area contributed by atoms with Crippen LogP contribution in [0, 0.1) is 0 Å². The van der Waals surface area contributed by atoms with Gasteiger partial charge in [-0.25, -0.2) is 0 Å². The number of benzene rings is 2. The Labute approximate surface area is 162 Å². The van der Waals surface area contributed by atoms with Gasteiger partial charge in [-0.1, -0.05) is 45.0 Å². The zero-order valence-corrected chi connectivity index (χ0v) is 16.8. The number of amides is 1. The van der Waals surface area contributed by atoms with Gasteiger partial charge in [0, 0.05) is 17.7 Å². The van der Waals surface area contributed by atoms with Crippen LogP contribution >= 0.6 is 0 Å². The van der Waals surface area contributed by atoms with Crippen LogP contribution in [0.3, 0.4) is 0 Å². The molecule has 3 rings (SSSR count). The van der Waals surface area contributed by atoms with Crippen LogP contribution in [0.5, 0.6) is 5.75 Å². The highest BCUT2D eigenvalue weighted by Crippen LogP contribution is 2.39. The molecule has 0 radical (unpaired) electrons. The fourth-order valence-corrected chi connectivity index (χ4v) is 3.39. The molecule has 27 heavy (non-hydrogen) atoms. The van der Waals surface area contributed by atoms with Crippen LogP contribution in [0.25, 0.3) is 11.6 Å². The van der Waals surface area contributed by atoms with Crippen molar-refractivity contribution in [3.8, 4) is 5.75 Å². The Morgan fingerprint density at radius 2 is 1.85 bits per heavy atom. The number of fused-ring (bicyclic) bond motifs is 1. The quantitative estimate of drug-likeness (QED) is 0.718. The van der Waals surface area contributed by atoms with E-state index in [9.17, 15) is 4.79 Å². The molecule has 0 bridgehead atoms. The van der Waals surface area contributed by atoms with Gasteiger partial charge in [0.1, 0.15) is 5.75 Å². The summed E-state index contributed by atoms with van der Waals surface area (Å²) in [6.07, 6.45) is 4.13. The molecule has 1 aliphatic rings. The van der Waals surface area contributed by atoms with Crippen molar-refractivity contribution in [3.63, 3.8) is 0 Å². The molecule has 1 N–H and O–H groups in total. The average molecular weight is 364 g/mol. The number of rotatable bonds is 5. The van der Waals surface area contributed by atoms with E-state index in [1.165, 1.54) is 16.7 Å². The Hall–Kier alpha value is -2.55. The van der Waals surface area contributed by atoms with Crippen molar-refractivity contribution >= 4 is 17.6 Å². The minimum absolute atomic E-state index is 0.0129. The SMILES string of the molecule is CCCNC(=O)c1ccc(/C=C(\C)c2ccc3c(c2)C(C)(C)CCO3)cc1. The summed E-state index contributed by atoms with van der Waals surface area (Å²) in [5, 5.41) is 2.91. The van der Waals surface area contributed by atoms with Crippen LogP contribution in [0.4, 0.5) is 0 Å². The predicted molar refractivity (Wildman–Crippen MR) is 112 cm³/mol. The Bertz CT molecular complexity index is 847. The van der Waals surface area contributed by atoms with Crippen molar-refractivity contribution < 1.29 is 9.53 Å². The molecule has 0 fully saturated rings. The summed E-state index contributed by atoms with van der Waals surface area (Å²) < 4.78 is 5.82. The van der Waals surface area contributed by atoms with Gasteiger partial charge in [-0.15, -0.1) is 0 Å². The molecule has 142 valence electrons. The monoisotopic (exact) mass is 363 g/mol. The second-order valence-corrected chi connectivity index (χ2v) is 7.90. The lowest BCUT2D eigenvalue weighted by Gasteiger charge is -2.32. The molecule has 2 aromatic rings. The molecular formula is C24H29NO2. The smallest absolute Gasteiger partial charge is 0.251 e. The van der Waals surface area contributed by atoms with Crippen molar-refractivity contribution in [2.24, 2.45) is 0 Å². The first kappa shape index (κ1) is 19.2. The average Bonchev–Trinajstić information content (AvgIpc) is 2.66.